The van der Waals surface area contributed by atoms with Gasteiger partial charge in [-0.25, -0.2) is 8.42 Å². The molecule has 0 aliphatic carbocycles. The fourth-order valence-electron chi connectivity index (χ4n) is 3.59. The van der Waals surface area contributed by atoms with Gasteiger partial charge in [0.1, 0.15) is 25.0 Å². The molecule has 32 heavy (non-hydrogen) atoms. The lowest BCUT2D eigenvalue weighted by atomic mass is 10.1. The summed E-state index contributed by atoms with van der Waals surface area (Å²) >= 11 is 6.12. The number of sulfonamides is 1. The third-order valence-electron chi connectivity index (χ3n) is 5.13. The fraction of sp³-hybridized carbons (Fsp3) is 0.409. The van der Waals surface area contributed by atoms with E-state index in [1.807, 2.05) is 19.1 Å². The van der Waals surface area contributed by atoms with Crippen molar-refractivity contribution >= 4 is 33.2 Å². The highest BCUT2D eigenvalue weighted by molar-refractivity contribution is 7.92. The number of benzene rings is 2. The number of fused-ring (bicyclic) bond motifs is 1. The van der Waals surface area contributed by atoms with Crippen molar-refractivity contribution in [3.63, 3.8) is 0 Å². The summed E-state index contributed by atoms with van der Waals surface area (Å²) in [6.45, 7) is 4.51. The van der Waals surface area contributed by atoms with Gasteiger partial charge in [0.05, 0.1) is 25.1 Å². The van der Waals surface area contributed by atoms with Gasteiger partial charge in [-0.2, -0.15) is 0 Å². The Morgan fingerprint density at radius 1 is 1.19 bits per heavy atom. The van der Waals surface area contributed by atoms with Gasteiger partial charge in [0.25, 0.3) is 0 Å². The summed E-state index contributed by atoms with van der Waals surface area (Å²) in [6, 6.07) is 8.69. The average Bonchev–Trinajstić information content (AvgIpc) is 2.75. The molecule has 1 N–H and O–H groups in total. The Labute approximate surface area is 193 Å². The van der Waals surface area contributed by atoms with Crippen LogP contribution >= 0.6 is 11.6 Å². The molecule has 1 amide bonds. The molecular formula is C22H27ClN2O6S. The Bertz CT molecular complexity index is 1090. The van der Waals surface area contributed by atoms with Crippen molar-refractivity contribution < 1.29 is 27.4 Å². The third-order valence-corrected chi connectivity index (χ3v) is 6.53. The van der Waals surface area contributed by atoms with Crippen LogP contribution in [0.15, 0.2) is 36.4 Å². The second kappa shape index (κ2) is 9.87. The maximum Gasteiger partial charge on any atom is 0.244 e. The molecule has 0 saturated carbocycles. The zero-order valence-corrected chi connectivity index (χ0v) is 20.0. The van der Waals surface area contributed by atoms with Crippen LogP contribution in [0.5, 0.6) is 17.2 Å². The molecule has 0 fully saturated rings. The summed E-state index contributed by atoms with van der Waals surface area (Å²) in [7, 11) is -2.41. The molecule has 0 aromatic heterocycles. The van der Waals surface area contributed by atoms with E-state index in [9.17, 15) is 13.2 Å². The van der Waals surface area contributed by atoms with Crippen LogP contribution in [0, 0.1) is 0 Å². The standard InChI is InChI=1S/C22H27ClN2O6S/c1-5-17(25(32(4,27)28)18-13-16(23)7-9-19(18)29-3)22(26)24-14(2)15-6-8-20-21(12-15)31-11-10-30-20/h6-9,12-14,17H,5,10-11H2,1-4H3,(H,24,26)/t14-,17-/m1/s1. The molecule has 2 aromatic carbocycles. The van der Waals surface area contributed by atoms with E-state index in [0.717, 1.165) is 16.1 Å². The topological polar surface area (TPSA) is 94.2 Å². The molecule has 0 bridgehead atoms. The average molecular weight is 483 g/mol. The number of rotatable bonds is 8. The minimum Gasteiger partial charge on any atom is -0.495 e. The Morgan fingerprint density at radius 3 is 2.50 bits per heavy atom. The number of methoxy groups -OCH3 is 1. The van der Waals surface area contributed by atoms with Gasteiger partial charge in [-0.1, -0.05) is 24.6 Å². The van der Waals surface area contributed by atoms with Crippen molar-refractivity contribution in [1.82, 2.24) is 5.32 Å². The summed E-state index contributed by atoms with van der Waals surface area (Å²) in [4.78, 5) is 13.2. The Morgan fingerprint density at radius 2 is 1.88 bits per heavy atom. The third kappa shape index (κ3) is 5.21. The molecule has 2 atom stereocenters. The highest BCUT2D eigenvalue weighted by atomic mass is 35.5. The van der Waals surface area contributed by atoms with Gasteiger partial charge in [-0.05, 0) is 49.2 Å². The van der Waals surface area contributed by atoms with Crippen molar-refractivity contribution in [2.45, 2.75) is 32.4 Å². The number of carbonyl (C=O) groups is 1. The van der Waals surface area contributed by atoms with Crippen LogP contribution in [0.2, 0.25) is 5.02 Å². The smallest absolute Gasteiger partial charge is 0.244 e. The Kier molecular flexibility index (Phi) is 7.40. The number of hydrogen-bond acceptors (Lipinski definition) is 6. The molecule has 1 aliphatic rings. The molecule has 3 rings (SSSR count). The second-order valence-electron chi connectivity index (χ2n) is 7.43. The Hall–Kier alpha value is -2.65. The number of hydrogen-bond donors (Lipinski definition) is 1. The normalized spacial score (nSPS) is 14.9. The van der Waals surface area contributed by atoms with E-state index in [0.29, 0.717) is 35.5 Å². The number of anilines is 1. The molecule has 8 nitrogen and oxygen atoms in total. The van der Waals surface area contributed by atoms with E-state index in [1.54, 1.807) is 25.1 Å². The highest BCUT2D eigenvalue weighted by Gasteiger charge is 2.34. The molecule has 0 spiro atoms. The molecule has 174 valence electrons. The van der Waals surface area contributed by atoms with E-state index in [4.69, 9.17) is 25.8 Å². The van der Waals surface area contributed by atoms with Crippen molar-refractivity contribution in [1.29, 1.82) is 0 Å². The zero-order valence-electron chi connectivity index (χ0n) is 18.4. The second-order valence-corrected chi connectivity index (χ2v) is 9.73. The van der Waals surface area contributed by atoms with Gasteiger partial charge < -0.3 is 19.5 Å². The molecule has 1 aliphatic heterocycles. The largest absolute Gasteiger partial charge is 0.495 e. The van der Waals surface area contributed by atoms with Crippen molar-refractivity contribution in [2.75, 3.05) is 30.9 Å². The summed E-state index contributed by atoms with van der Waals surface area (Å²) in [6.07, 6.45) is 1.29. The van der Waals surface area contributed by atoms with E-state index in [2.05, 4.69) is 5.32 Å². The number of amides is 1. The number of carbonyl (C=O) groups excluding carboxylic acids is 1. The summed E-state index contributed by atoms with van der Waals surface area (Å²) < 4.78 is 43.0. The molecule has 2 aromatic rings. The first kappa shape index (κ1) is 24.0. The molecule has 1 heterocycles. The van der Waals surface area contributed by atoms with Gasteiger partial charge in [0.2, 0.25) is 15.9 Å². The lowest BCUT2D eigenvalue weighted by Crippen LogP contribution is -2.49. The van der Waals surface area contributed by atoms with Gasteiger partial charge >= 0.3 is 0 Å². The van der Waals surface area contributed by atoms with E-state index in [-0.39, 0.29) is 12.1 Å². The van der Waals surface area contributed by atoms with Crippen molar-refractivity contribution in [2.24, 2.45) is 0 Å². The number of nitrogens with one attached hydrogen (secondary N) is 1. The van der Waals surface area contributed by atoms with Gasteiger partial charge in [-0.3, -0.25) is 9.10 Å². The molecule has 0 unspecified atom stereocenters. The quantitative estimate of drug-likeness (QED) is 0.618. The zero-order chi connectivity index (χ0) is 23.5. The first-order valence-electron chi connectivity index (χ1n) is 10.2. The monoisotopic (exact) mass is 482 g/mol. The lowest BCUT2D eigenvalue weighted by Gasteiger charge is -2.32. The van der Waals surface area contributed by atoms with Gasteiger partial charge in [0, 0.05) is 5.02 Å². The lowest BCUT2D eigenvalue weighted by molar-refractivity contribution is -0.122. The van der Waals surface area contributed by atoms with Crippen LogP contribution in [0.25, 0.3) is 0 Å². The fourth-order valence-corrected chi connectivity index (χ4v) is 4.97. The predicted molar refractivity (Wildman–Crippen MR) is 123 cm³/mol. The van der Waals surface area contributed by atoms with E-state index >= 15 is 0 Å². The summed E-state index contributed by atoms with van der Waals surface area (Å²) in [5.41, 5.74) is 1.01. The molecule has 0 saturated heterocycles. The van der Waals surface area contributed by atoms with Crippen molar-refractivity contribution in [3.8, 4) is 17.2 Å². The molecular weight excluding hydrogens is 456 g/mol. The van der Waals surface area contributed by atoms with Crippen LogP contribution in [0.1, 0.15) is 31.9 Å². The first-order valence-corrected chi connectivity index (χ1v) is 12.4. The van der Waals surface area contributed by atoms with Crippen molar-refractivity contribution in [3.05, 3.63) is 47.0 Å². The van der Waals surface area contributed by atoms with Crippen LogP contribution in [-0.4, -0.2) is 46.9 Å². The minimum atomic E-state index is -3.84. The maximum atomic E-state index is 13.2. The predicted octanol–water partition coefficient (Wildman–Crippen LogP) is 3.54. The Balaban J connectivity index is 1.89. The van der Waals surface area contributed by atoms with Gasteiger partial charge in [-0.15, -0.1) is 0 Å². The summed E-state index contributed by atoms with van der Waals surface area (Å²) in [5, 5.41) is 3.24. The minimum absolute atomic E-state index is 0.205. The van der Waals surface area contributed by atoms with E-state index < -0.39 is 28.0 Å². The van der Waals surface area contributed by atoms with Crippen LogP contribution in [0.3, 0.4) is 0 Å². The summed E-state index contributed by atoms with van der Waals surface area (Å²) in [5.74, 6) is 1.12. The SMILES string of the molecule is CC[C@H](C(=O)N[C@H](C)c1ccc2c(c1)OCCO2)N(c1cc(Cl)ccc1OC)S(C)(=O)=O. The first-order chi connectivity index (χ1) is 15.2. The molecule has 0 radical (unpaired) electrons. The van der Waals surface area contributed by atoms with Crippen LogP contribution in [0.4, 0.5) is 5.69 Å². The van der Waals surface area contributed by atoms with Crippen LogP contribution < -0.4 is 23.8 Å². The number of nitrogens with zero attached hydrogens (tertiary/aromatic N) is 1. The van der Waals surface area contributed by atoms with Gasteiger partial charge in [0.15, 0.2) is 11.5 Å². The number of ether oxygens (including phenoxy) is 3. The number of halogens is 1. The van der Waals surface area contributed by atoms with E-state index in [1.165, 1.54) is 13.2 Å². The van der Waals surface area contributed by atoms with Crippen LogP contribution in [-0.2, 0) is 14.8 Å². The molecule has 10 heteroatoms. The maximum absolute atomic E-state index is 13.2. The highest BCUT2D eigenvalue weighted by Crippen LogP contribution is 2.35.